The van der Waals surface area contributed by atoms with Gasteiger partial charge < -0.3 is 5.32 Å². The number of nitrogens with one attached hydrogen (secondary N) is 1. The number of hydrogen-bond acceptors (Lipinski definition) is 3. The highest BCUT2D eigenvalue weighted by Crippen LogP contribution is 2.17. The van der Waals surface area contributed by atoms with Gasteiger partial charge in [-0.2, -0.15) is 5.10 Å². The van der Waals surface area contributed by atoms with Crippen LogP contribution in [0.4, 0.5) is 0 Å². The molecule has 1 aliphatic heterocycles. The van der Waals surface area contributed by atoms with Gasteiger partial charge in [-0.3, -0.25) is 0 Å². The minimum absolute atomic E-state index is 0.680. The molecule has 4 nitrogen and oxygen atoms in total. The number of fused-ring (bicyclic) bond motifs is 1. The van der Waals surface area contributed by atoms with Gasteiger partial charge in [0, 0.05) is 6.42 Å². The zero-order chi connectivity index (χ0) is 11.7. The van der Waals surface area contributed by atoms with Crippen LogP contribution in [0, 0.1) is 5.92 Å². The first-order valence-corrected chi connectivity index (χ1v) is 6.83. The van der Waals surface area contributed by atoms with E-state index in [1.807, 2.05) is 22.7 Å². The highest BCUT2D eigenvalue weighted by Gasteiger charge is 2.16. The van der Waals surface area contributed by atoms with Crippen LogP contribution in [0.2, 0.25) is 0 Å². The van der Waals surface area contributed by atoms with E-state index in [1.54, 1.807) is 0 Å². The van der Waals surface area contributed by atoms with Crippen molar-refractivity contribution in [1.29, 1.82) is 0 Å². The monoisotopic (exact) mass is 294 g/mol. The molecular formula is C12H15BrN4. The fraction of sp³-hybridized carbons (Fsp3) is 0.500. The van der Waals surface area contributed by atoms with Gasteiger partial charge in [-0.05, 0) is 59.9 Å². The quantitative estimate of drug-likeness (QED) is 0.862. The number of aromatic nitrogens is 3. The van der Waals surface area contributed by atoms with Crippen molar-refractivity contribution >= 4 is 21.6 Å². The average Bonchev–Trinajstić information content (AvgIpc) is 2.74. The molecule has 0 aliphatic carbocycles. The number of hydrogen-bond donors (Lipinski definition) is 1. The maximum absolute atomic E-state index is 4.56. The molecule has 0 saturated carbocycles. The summed E-state index contributed by atoms with van der Waals surface area (Å²) in [6.45, 7) is 2.25. The topological polar surface area (TPSA) is 42.2 Å². The third-order valence-electron chi connectivity index (χ3n) is 3.23. The Morgan fingerprint density at radius 2 is 2.41 bits per heavy atom. The first-order chi connectivity index (χ1) is 8.33. The Kier molecular flexibility index (Phi) is 3.11. The van der Waals surface area contributed by atoms with E-state index in [9.17, 15) is 0 Å². The van der Waals surface area contributed by atoms with Crippen molar-refractivity contribution in [3.63, 3.8) is 0 Å². The van der Waals surface area contributed by atoms with Crippen LogP contribution in [0.25, 0.3) is 5.65 Å². The minimum Gasteiger partial charge on any atom is -0.316 e. The largest absolute Gasteiger partial charge is 0.316 e. The third-order valence-corrected chi connectivity index (χ3v) is 3.83. The van der Waals surface area contributed by atoms with Crippen molar-refractivity contribution in [2.75, 3.05) is 13.1 Å². The zero-order valence-electron chi connectivity index (χ0n) is 9.56. The molecule has 3 heterocycles. The lowest BCUT2D eigenvalue weighted by Crippen LogP contribution is -2.31. The second-order valence-electron chi connectivity index (χ2n) is 4.56. The molecule has 1 fully saturated rings. The molecular weight excluding hydrogens is 280 g/mol. The smallest absolute Gasteiger partial charge is 0.156 e. The van der Waals surface area contributed by atoms with Crippen LogP contribution in [0.5, 0.6) is 0 Å². The summed E-state index contributed by atoms with van der Waals surface area (Å²) in [6, 6.07) is 5.95. The van der Waals surface area contributed by atoms with Gasteiger partial charge in [0.25, 0.3) is 0 Å². The number of halogens is 1. The van der Waals surface area contributed by atoms with Crippen LogP contribution in [-0.4, -0.2) is 27.7 Å². The van der Waals surface area contributed by atoms with Crippen LogP contribution in [0.1, 0.15) is 18.7 Å². The molecule has 1 atom stereocenters. The predicted octanol–water partition coefficient (Wildman–Crippen LogP) is 2.03. The number of pyridine rings is 1. The predicted molar refractivity (Wildman–Crippen MR) is 70.0 cm³/mol. The summed E-state index contributed by atoms with van der Waals surface area (Å²) in [4.78, 5) is 4.56. The first-order valence-electron chi connectivity index (χ1n) is 6.04. The van der Waals surface area contributed by atoms with Crippen LogP contribution in [0.3, 0.4) is 0 Å². The Morgan fingerprint density at radius 3 is 3.18 bits per heavy atom. The van der Waals surface area contributed by atoms with Crippen molar-refractivity contribution < 1.29 is 0 Å². The first kappa shape index (κ1) is 11.2. The minimum atomic E-state index is 0.680. The summed E-state index contributed by atoms with van der Waals surface area (Å²) in [5.74, 6) is 1.63. The van der Waals surface area contributed by atoms with E-state index in [2.05, 4.69) is 31.3 Å². The summed E-state index contributed by atoms with van der Waals surface area (Å²) < 4.78 is 2.81. The lowest BCUT2D eigenvalue weighted by atomic mass is 9.96. The molecule has 1 N–H and O–H groups in total. The van der Waals surface area contributed by atoms with Crippen molar-refractivity contribution in [3.8, 4) is 0 Å². The second-order valence-corrected chi connectivity index (χ2v) is 5.38. The van der Waals surface area contributed by atoms with E-state index in [-0.39, 0.29) is 0 Å². The van der Waals surface area contributed by atoms with Gasteiger partial charge in [-0.1, -0.05) is 6.07 Å². The highest BCUT2D eigenvalue weighted by atomic mass is 79.9. The molecule has 3 rings (SSSR count). The maximum Gasteiger partial charge on any atom is 0.156 e. The fourth-order valence-corrected chi connectivity index (χ4v) is 2.77. The van der Waals surface area contributed by atoms with E-state index in [0.717, 1.165) is 35.6 Å². The maximum atomic E-state index is 4.56. The summed E-state index contributed by atoms with van der Waals surface area (Å²) in [5.41, 5.74) is 0.915. The third kappa shape index (κ3) is 2.35. The van der Waals surface area contributed by atoms with E-state index in [0.29, 0.717) is 5.92 Å². The van der Waals surface area contributed by atoms with Crippen LogP contribution >= 0.6 is 15.9 Å². The molecule has 5 heteroatoms. The summed E-state index contributed by atoms with van der Waals surface area (Å²) >= 11 is 3.48. The normalized spacial score (nSPS) is 20.9. The van der Waals surface area contributed by atoms with Gasteiger partial charge in [0.1, 0.15) is 4.60 Å². The Morgan fingerprint density at radius 1 is 1.47 bits per heavy atom. The van der Waals surface area contributed by atoms with Crippen molar-refractivity contribution in [3.05, 3.63) is 28.6 Å². The van der Waals surface area contributed by atoms with E-state index in [1.165, 1.54) is 12.8 Å². The van der Waals surface area contributed by atoms with Crippen molar-refractivity contribution in [2.24, 2.45) is 5.92 Å². The molecule has 2 aromatic rings. The summed E-state index contributed by atoms with van der Waals surface area (Å²) in [5, 5.41) is 7.97. The Hall–Kier alpha value is -0.940. The standard InChI is InChI=1S/C12H15BrN4/c13-10-4-1-5-12-15-11(16-17(10)12)7-9-3-2-6-14-8-9/h1,4-5,9,14H,2-3,6-8H2. The second kappa shape index (κ2) is 4.74. The van der Waals surface area contributed by atoms with E-state index in [4.69, 9.17) is 0 Å². The molecule has 2 aromatic heterocycles. The van der Waals surface area contributed by atoms with Crippen LogP contribution in [0.15, 0.2) is 22.8 Å². The van der Waals surface area contributed by atoms with Gasteiger partial charge in [0.15, 0.2) is 11.5 Å². The van der Waals surface area contributed by atoms with Crippen LogP contribution < -0.4 is 5.32 Å². The van der Waals surface area contributed by atoms with Crippen molar-refractivity contribution in [1.82, 2.24) is 19.9 Å². The zero-order valence-corrected chi connectivity index (χ0v) is 11.2. The Labute approximate surface area is 109 Å². The highest BCUT2D eigenvalue weighted by molar-refractivity contribution is 9.10. The Bertz CT molecular complexity index is 516. The molecule has 1 saturated heterocycles. The lowest BCUT2D eigenvalue weighted by Gasteiger charge is -2.21. The molecule has 0 bridgehead atoms. The number of piperidine rings is 1. The molecule has 1 aliphatic rings. The number of nitrogens with zero attached hydrogens (tertiary/aromatic N) is 3. The van der Waals surface area contributed by atoms with Gasteiger partial charge in [0.05, 0.1) is 0 Å². The average molecular weight is 295 g/mol. The van der Waals surface area contributed by atoms with Gasteiger partial charge in [-0.15, -0.1) is 0 Å². The van der Waals surface area contributed by atoms with E-state index < -0.39 is 0 Å². The van der Waals surface area contributed by atoms with Gasteiger partial charge in [-0.25, -0.2) is 9.50 Å². The summed E-state index contributed by atoms with van der Waals surface area (Å²) in [6.07, 6.45) is 3.52. The van der Waals surface area contributed by atoms with Gasteiger partial charge in [0.2, 0.25) is 0 Å². The molecule has 0 aromatic carbocycles. The number of rotatable bonds is 2. The molecule has 0 spiro atoms. The van der Waals surface area contributed by atoms with Crippen LogP contribution in [-0.2, 0) is 6.42 Å². The molecule has 1 unspecified atom stereocenters. The molecule has 17 heavy (non-hydrogen) atoms. The summed E-state index contributed by atoms with van der Waals surface area (Å²) in [7, 11) is 0. The van der Waals surface area contributed by atoms with E-state index >= 15 is 0 Å². The van der Waals surface area contributed by atoms with Gasteiger partial charge >= 0.3 is 0 Å². The lowest BCUT2D eigenvalue weighted by molar-refractivity contribution is 0.371. The molecule has 0 radical (unpaired) electrons. The SMILES string of the molecule is Brc1cccc2nc(CC3CCCNC3)nn12. The molecule has 90 valence electrons. The molecule has 0 amide bonds. The van der Waals surface area contributed by atoms with Crippen molar-refractivity contribution in [2.45, 2.75) is 19.3 Å². The Balaban J connectivity index is 1.83. The fourth-order valence-electron chi connectivity index (χ4n) is 2.36.